The van der Waals surface area contributed by atoms with Crippen LogP contribution in [0, 0.1) is 5.92 Å². The molecule has 4 rings (SSSR count). The second kappa shape index (κ2) is 10.1. The van der Waals surface area contributed by atoms with Crippen LogP contribution < -0.4 is 4.90 Å². The van der Waals surface area contributed by atoms with Crippen molar-refractivity contribution in [3.63, 3.8) is 0 Å². The van der Waals surface area contributed by atoms with Gasteiger partial charge in [-0.05, 0) is 75.1 Å². The van der Waals surface area contributed by atoms with Crippen molar-refractivity contribution in [3.05, 3.63) is 76.4 Å². The van der Waals surface area contributed by atoms with Gasteiger partial charge in [0.2, 0.25) is 0 Å². The zero-order valence-electron chi connectivity index (χ0n) is 20.7. The Hall–Kier alpha value is -3.01. The lowest BCUT2D eigenvalue weighted by molar-refractivity contribution is 0.0985. The van der Waals surface area contributed by atoms with E-state index < -0.39 is 0 Å². The van der Waals surface area contributed by atoms with E-state index in [0.717, 1.165) is 60.9 Å². The summed E-state index contributed by atoms with van der Waals surface area (Å²) in [6, 6.07) is 9.70. The van der Waals surface area contributed by atoms with Gasteiger partial charge in [0.1, 0.15) is 11.5 Å². The number of allylic oxidation sites excluding steroid dienone is 3. The molecule has 0 saturated carbocycles. The number of phenols is 2. The molecule has 0 fully saturated rings. The summed E-state index contributed by atoms with van der Waals surface area (Å²) in [4.78, 5) is 15.7. The Morgan fingerprint density at radius 2 is 1.94 bits per heavy atom. The molecule has 0 saturated heterocycles. The molecule has 4 nitrogen and oxygen atoms in total. The third-order valence-electron chi connectivity index (χ3n) is 7.51. The molecule has 2 aromatic carbocycles. The fourth-order valence-electron chi connectivity index (χ4n) is 5.64. The number of nitrogens with zero attached hydrogens (tertiary/aromatic N) is 1. The van der Waals surface area contributed by atoms with E-state index in [1.165, 1.54) is 5.57 Å². The Bertz CT molecular complexity index is 1130. The predicted octanol–water partition coefficient (Wildman–Crippen LogP) is 7.05. The SMILES string of the molecule is C=C(C)C1CCC(C)=CC1c1c(O)cc(CCCCC)c(C(=O)N2CCc3ccccc32)c1O. The number of hydrogen-bond donors (Lipinski definition) is 2. The van der Waals surface area contributed by atoms with E-state index in [4.69, 9.17) is 0 Å². The summed E-state index contributed by atoms with van der Waals surface area (Å²) in [6.45, 7) is 11.0. The summed E-state index contributed by atoms with van der Waals surface area (Å²) in [6.07, 6.45) is 8.48. The van der Waals surface area contributed by atoms with Crippen LogP contribution in [0.15, 0.2) is 54.1 Å². The van der Waals surface area contributed by atoms with E-state index in [2.05, 4.69) is 32.6 Å². The van der Waals surface area contributed by atoms with Crippen molar-refractivity contribution in [1.29, 1.82) is 0 Å². The Morgan fingerprint density at radius 1 is 1.18 bits per heavy atom. The van der Waals surface area contributed by atoms with Crippen LogP contribution in [0.1, 0.15) is 85.8 Å². The number of rotatable bonds is 7. The lowest BCUT2D eigenvalue weighted by Crippen LogP contribution is -2.30. The van der Waals surface area contributed by atoms with Crippen molar-refractivity contribution >= 4 is 11.6 Å². The Balaban J connectivity index is 1.84. The number of hydrogen-bond acceptors (Lipinski definition) is 3. The average molecular weight is 460 g/mol. The molecule has 2 atom stereocenters. The zero-order valence-corrected chi connectivity index (χ0v) is 20.7. The van der Waals surface area contributed by atoms with Gasteiger partial charge in [-0.15, -0.1) is 0 Å². The first-order chi connectivity index (χ1) is 16.3. The fourth-order valence-corrected chi connectivity index (χ4v) is 5.64. The molecule has 1 aliphatic heterocycles. The summed E-state index contributed by atoms with van der Waals surface area (Å²) in [5.74, 6) is -0.263. The summed E-state index contributed by atoms with van der Waals surface area (Å²) in [7, 11) is 0. The molecule has 0 aromatic heterocycles. The van der Waals surface area contributed by atoms with Crippen molar-refractivity contribution in [2.24, 2.45) is 5.92 Å². The summed E-state index contributed by atoms with van der Waals surface area (Å²) < 4.78 is 0. The molecular formula is C30H37NO3. The Kier molecular flexibility index (Phi) is 7.16. The molecule has 1 aliphatic carbocycles. The summed E-state index contributed by atoms with van der Waals surface area (Å²) in [5, 5.41) is 22.8. The number of para-hydroxylation sites is 1. The van der Waals surface area contributed by atoms with Gasteiger partial charge in [0.05, 0.1) is 5.56 Å². The van der Waals surface area contributed by atoms with E-state index in [9.17, 15) is 15.0 Å². The van der Waals surface area contributed by atoms with E-state index in [1.54, 1.807) is 11.0 Å². The molecule has 2 aliphatic rings. The van der Waals surface area contributed by atoms with Crippen LogP contribution in [-0.2, 0) is 12.8 Å². The van der Waals surface area contributed by atoms with Gasteiger partial charge in [0.15, 0.2) is 0 Å². The van der Waals surface area contributed by atoms with Crippen LogP contribution in [0.25, 0.3) is 0 Å². The molecule has 2 unspecified atom stereocenters. The van der Waals surface area contributed by atoms with Gasteiger partial charge in [-0.25, -0.2) is 0 Å². The van der Waals surface area contributed by atoms with Gasteiger partial charge in [0.25, 0.3) is 5.91 Å². The molecule has 0 spiro atoms. The second-order valence-electron chi connectivity index (χ2n) is 10.0. The standard InChI is InChI=1S/C30H37NO3/c1-5-6-7-11-22-18-26(32)28(24-17-20(4)13-14-23(24)19(2)3)29(33)27(22)30(34)31-16-15-21-10-8-9-12-25(21)31/h8-10,12,17-18,23-24,32-33H,2,5-7,11,13-16H2,1,3-4H3. The molecule has 180 valence electrons. The van der Waals surface area contributed by atoms with Crippen LogP contribution in [-0.4, -0.2) is 22.7 Å². The second-order valence-corrected chi connectivity index (χ2v) is 10.0. The first kappa shape index (κ1) is 24.1. The molecule has 1 amide bonds. The highest BCUT2D eigenvalue weighted by Crippen LogP contribution is 2.48. The normalized spacial score (nSPS) is 19.6. The van der Waals surface area contributed by atoms with Gasteiger partial charge < -0.3 is 15.1 Å². The molecule has 1 heterocycles. The van der Waals surface area contributed by atoms with E-state index >= 15 is 0 Å². The minimum absolute atomic E-state index is 0.0666. The number of unbranched alkanes of at least 4 members (excludes halogenated alkanes) is 2. The maximum atomic E-state index is 14.0. The van der Waals surface area contributed by atoms with Crippen LogP contribution in [0.5, 0.6) is 11.5 Å². The van der Waals surface area contributed by atoms with Crippen LogP contribution in [0.4, 0.5) is 5.69 Å². The van der Waals surface area contributed by atoms with E-state index in [-0.39, 0.29) is 29.2 Å². The van der Waals surface area contributed by atoms with E-state index in [1.807, 2.05) is 25.1 Å². The number of anilines is 1. The van der Waals surface area contributed by atoms with Gasteiger partial charge in [-0.2, -0.15) is 0 Å². The van der Waals surface area contributed by atoms with Gasteiger partial charge in [-0.1, -0.05) is 61.8 Å². The molecule has 0 radical (unpaired) electrons. The molecule has 2 N–H and O–H groups in total. The minimum Gasteiger partial charge on any atom is -0.507 e. The van der Waals surface area contributed by atoms with Crippen molar-refractivity contribution in [1.82, 2.24) is 0 Å². The highest BCUT2D eigenvalue weighted by Gasteiger charge is 2.35. The van der Waals surface area contributed by atoms with Crippen molar-refractivity contribution in [2.45, 2.75) is 71.6 Å². The number of fused-ring (bicyclic) bond motifs is 1. The number of carbonyl (C=O) groups is 1. The van der Waals surface area contributed by atoms with Crippen LogP contribution in [0.3, 0.4) is 0 Å². The third-order valence-corrected chi connectivity index (χ3v) is 7.51. The predicted molar refractivity (Wildman–Crippen MR) is 139 cm³/mol. The topological polar surface area (TPSA) is 60.8 Å². The largest absolute Gasteiger partial charge is 0.507 e. The number of benzene rings is 2. The Morgan fingerprint density at radius 3 is 2.68 bits per heavy atom. The summed E-state index contributed by atoms with van der Waals surface area (Å²) in [5.41, 5.74) is 5.85. The lowest BCUT2D eigenvalue weighted by atomic mass is 9.73. The van der Waals surface area contributed by atoms with Crippen molar-refractivity contribution < 1.29 is 15.0 Å². The van der Waals surface area contributed by atoms with Crippen molar-refractivity contribution in [3.8, 4) is 11.5 Å². The average Bonchev–Trinajstić information content (AvgIpc) is 3.23. The maximum Gasteiger partial charge on any atom is 0.262 e. The molecule has 4 heteroatoms. The van der Waals surface area contributed by atoms with Gasteiger partial charge >= 0.3 is 0 Å². The number of aryl methyl sites for hydroxylation is 1. The monoisotopic (exact) mass is 459 g/mol. The van der Waals surface area contributed by atoms with Crippen molar-refractivity contribution in [2.75, 3.05) is 11.4 Å². The smallest absolute Gasteiger partial charge is 0.262 e. The first-order valence-electron chi connectivity index (χ1n) is 12.6. The maximum absolute atomic E-state index is 14.0. The highest BCUT2D eigenvalue weighted by atomic mass is 16.3. The molecular weight excluding hydrogens is 422 g/mol. The van der Waals surface area contributed by atoms with Crippen LogP contribution >= 0.6 is 0 Å². The molecule has 0 bridgehead atoms. The van der Waals surface area contributed by atoms with Crippen LogP contribution in [0.2, 0.25) is 0 Å². The van der Waals surface area contributed by atoms with Gasteiger partial charge in [-0.3, -0.25) is 4.79 Å². The molecule has 34 heavy (non-hydrogen) atoms. The number of aromatic hydroxyl groups is 2. The third kappa shape index (κ3) is 4.51. The highest BCUT2D eigenvalue weighted by molar-refractivity contribution is 6.10. The lowest BCUT2D eigenvalue weighted by Gasteiger charge is -2.32. The van der Waals surface area contributed by atoms with Gasteiger partial charge in [0, 0.05) is 23.7 Å². The van der Waals surface area contributed by atoms with E-state index in [0.29, 0.717) is 24.1 Å². The fraction of sp³-hybridized carbons (Fsp3) is 0.433. The zero-order chi connectivity index (χ0) is 24.4. The number of amides is 1. The number of phenolic OH excluding ortho intramolecular Hbond substituents is 2. The summed E-state index contributed by atoms with van der Waals surface area (Å²) >= 11 is 0. The number of carbonyl (C=O) groups excluding carboxylic acids is 1. The Labute approximate surface area is 203 Å². The quantitative estimate of drug-likeness (QED) is 0.344. The minimum atomic E-state index is -0.201. The molecule has 2 aromatic rings. The first-order valence-corrected chi connectivity index (χ1v) is 12.6.